The first kappa shape index (κ1) is 17.5. The summed E-state index contributed by atoms with van der Waals surface area (Å²) in [5.74, 6) is -0.337. The van der Waals surface area contributed by atoms with Crippen molar-refractivity contribution in [2.45, 2.75) is 26.4 Å². The number of anilines is 1. The third kappa shape index (κ3) is 5.67. The van der Waals surface area contributed by atoms with E-state index in [0.717, 1.165) is 14.8 Å². The molecule has 0 aliphatic rings. The molecule has 23 heavy (non-hydrogen) atoms. The van der Waals surface area contributed by atoms with Crippen molar-refractivity contribution in [3.05, 3.63) is 28.8 Å². The minimum Gasteiger partial charge on any atom is -0.350 e. The molecule has 0 aromatic carbocycles. The van der Waals surface area contributed by atoms with Crippen molar-refractivity contribution in [1.82, 2.24) is 19.6 Å². The van der Waals surface area contributed by atoms with E-state index >= 15 is 0 Å². The quantitative estimate of drug-likeness (QED) is 0.814. The second-order valence-electron chi connectivity index (χ2n) is 4.67. The predicted molar refractivity (Wildman–Crippen MR) is 77.5 cm³/mol. The molecule has 0 atom stereocenters. The van der Waals surface area contributed by atoms with Crippen LogP contribution in [0.4, 0.5) is 18.9 Å². The Morgan fingerprint density at radius 1 is 1.39 bits per heavy atom. The zero-order chi connectivity index (χ0) is 17.0. The van der Waals surface area contributed by atoms with Crippen LogP contribution in [0.15, 0.2) is 23.1 Å². The Labute approximate surface area is 137 Å². The number of amides is 1. The van der Waals surface area contributed by atoms with Crippen LogP contribution in [0.2, 0.25) is 0 Å². The summed E-state index contributed by atoms with van der Waals surface area (Å²) in [6.07, 6.45) is -0.0265. The molecule has 2 aromatic heterocycles. The number of aryl methyl sites for hydroxylation is 1. The van der Waals surface area contributed by atoms with E-state index in [2.05, 4.69) is 36.2 Å². The van der Waals surface area contributed by atoms with Gasteiger partial charge >= 0.3 is 6.18 Å². The van der Waals surface area contributed by atoms with Gasteiger partial charge in [0.05, 0.1) is 28.2 Å². The molecule has 2 heterocycles. The van der Waals surface area contributed by atoms with Gasteiger partial charge in [-0.25, -0.2) is 4.68 Å². The predicted octanol–water partition coefficient (Wildman–Crippen LogP) is 2.33. The van der Waals surface area contributed by atoms with Gasteiger partial charge in [-0.15, -0.1) is 0 Å². The Balaban J connectivity index is 1.82. The minimum atomic E-state index is -4.39. The topological polar surface area (TPSA) is 74.0 Å². The molecule has 0 aliphatic heterocycles. The van der Waals surface area contributed by atoms with E-state index in [1.165, 1.54) is 17.1 Å². The molecular weight excluding hydrogens is 383 g/mol. The van der Waals surface area contributed by atoms with Gasteiger partial charge in [-0.2, -0.15) is 23.4 Å². The lowest BCUT2D eigenvalue weighted by atomic mass is 10.5. The highest BCUT2D eigenvalue weighted by Crippen LogP contribution is 2.15. The Morgan fingerprint density at radius 2 is 2.13 bits per heavy atom. The summed E-state index contributed by atoms with van der Waals surface area (Å²) in [5.41, 5.74) is 1.11. The number of carbonyl (C=O) groups excluding carboxylic acids is 1. The fraction of sp³-hybridized carbons (Fsp3) is 0.417. The lowest BCUT2D eigenvalue weighted by molar-refractivity contribution is -0.182. The highest BCUT2D eigenvalue weighted by Gasteiger charge is 2.27. The molecule has 0 unspecified atom stereocenters. The summed E-state index contributed by atoms with van der Waals surface area (Å²) in [7, 11) is 0. The van der Waals surface area contributed by atoms with E-state index in [1.807, 2.05) is 0 Å². The second kappa shape index (κ2) is 7.13. The van der Waals surface area contributed by atoms with Crippen LogP contribution in [0.1, 0.15) is 5.69 Å². The molecular formula is C12H13BrF3N5O2. The van der Waals surface area contributed by atoms with Crippen molar-refractivity contribution < 1.29 is 22.7 Å². The number of halogens is 4. The number of alkyl halides is 3. The molecule has 2 rings (SSSR count). The third-order valence-corrected chi connectivity index (χ3v) is 3.38. The van der Waals surface area contributed by atoms with Crippen LogP contribution in [0, 0.1) is 6.92 Å². The summed E-state index contributed by atoms with van der Waals surface area (Å²) in [4.78, 5) is 11.9. The minimum absolute atomic E-state index is 0.00218. The number of rotatable bonds is 6. The van der Waals surface area contributed by atoms with E-state index in [1.54, 1.807) is 13.1 Å². The van der Waals surface area contributed by atoms with Gasteiger partial charge in [-0.3, -0.25) is 9.48 Å². The first-order valence-electron chi connectivity index (χ1n) is 6.39. The Morgan fingerprint density at radius 3 is 2.74 bits per heavy atom. The Bertz CT molecular complexity index is 663. The van der Waals surface area contributed by atoms with E-state index in [9.17, 15) is 18.0 Å². The van der Waals surface area contributed by atoms with Gasteiger partial charge in [0.25, 0.3) is 0 Å². The third-order valence-electron chi connectivity index (χ3n) is 2.60. The highest BCUT2D eigenvalue weighted by atomic mass is 79.9. The van der Waals surface area contributed by atoms with Gasteiger partial charge in [0.2, 0.25) is 5.91 Å². The van der Waals surface area contributed by atoms with E-state index in [-0.39, 0.29) is 19.2 Å². The van der Waals surface area contributed by atoms with Gasteiger partial charge < -0.3 is 10.1 Å². The first-order valence-corrected chi connectivity index (χ1v) is 7.18. The summed E-state index contributed by atoms with van der Waals surface area (Å²) in [5, 5.41) is 10.5. The summed E-state index contributed by atoms with van der Waals surface area (Å²) >= 11 is 3.29. The zero-order valence-corrected chi connectivity index (χ0v) is 13.6. The fourth-order valence-electron chi connectivity index (χ4n) is 1.68. The molecule has 0 spiro atoms. The van der Waals surface area contributed by atoms with Crippen molar-refractivity contribution in [2.75, 3.05) is 11.9 Å². The van der Waals surface area contributed by atoms with Crippen molar-refractivity contribution in [2.24, 2.45) is 0 Å². The molecule has 0 bridgehead atoms. The summed E-state index contributed by atoms with van der Waals surface area (Å²) in [6, 6.07) is 0. The smallest absolute Gasteiger partial charge is 0.350 e. The van der Waals surface area contributed by atoms with Gasteiger partial charge in [0, 0.05) is 6.20 Å². The number of hydrogen-bond donors (Lipinski definition) is 1. The van der Waals surface area contributed by atoms with E-state index in [0.29, 0.717) is 5.69 Å². The molecule has 0 saturated carbocycles. The summed E-state index contributed by atoms with van der Waals surface area (Å²) in [6.45, 7) is 0.0778. The van der Waals surface area contributed by atoms with Gasteiger partial charge in [-0.05, 0) is 22.9 Å². The average molecular weight is 396 g/mol. The number of hydrogen-bond acceptors (Lipinski definition) is 4. The highest BCUT2D eigenvalue weighted by molar-refractivity contribution is 9.10. The Kier molecular flexibility index (Phi) is 5.42. The van der Waals surface area contributed by atoms with Crippen LogP contribution in [0.25, 0.3) is 0 Å². The molecule has 7 nitrogen and oxygen atoms in total. The van der Waals surface area contributed by atoms with Crippen LogP contribution in [0.3, 0.4) is 0 Å². The van der Waals surface area contributed by atoms with Gasteiger partial charge in [0.15, 0.2) is 0 Å². The first-order chi connectivity index (χ1) is 10.7. The molecule has 0 radical (unpaired) electrons. The monoisotopic (exact) mass is 395 g/mol. The number of nitrogens with zero attached hydrogens (tertiary/aromatic N) is 4. The van der Waals surface area contributed by atoms with Crippen LogP contribution < -0.4 is 5.32 Å². The summed E-state index contributed by atoms with van der Waals surface area (Å²) < 4.78 is 43.7. The maximum atomic E-state index is 11.9. The van der Waals surface area contributed by atoms with E-state index in [4.69, 9.17) is 0 Å². The second-order valence-corrected chi connectivity index (χ2v) is 5.52. The maximum absolute atomic E-state index is 11.9. The van der Waals surface area contributed by atoms with Crippen LogP contribution >= 0.6 is 15.9 Å². The number of ether oxygens (including phenoxy) is 1. The normalized spacial score (nSPS) is 11.7. The standard InChI is InChI=1S/C12H13BrF3N5O2/c1-8-10(13)4-20(19-8)5-11(22)18-9-2-17-21(3-9)7-23-6-12(14,15)16/h2-4H,5-7H2,1H3,(H,18,22). The molecule has 2 aromatic rings. The average Bonchev–Trinajstić information content (AvgIpc) is 2.96. The van der Waals surface area contributed by atoms with Gasteiger partial charge in [0.1, 0.15) is 19.9 Å². The van der Waals surface area contributed by atoms with Crippen molar-refractivity contribution in [1.29, 1.82) is 0 Å². The lowest BCUT2D eigenvalue weighted by Gasteiger charge is -2.07. The van der Waals surface area contributed by atoms with E-state index < -0.39 is 12.8 Å². The molecule has 11 heteroatoms. The number of aromatic nitrogens is 4. The molecule has 1 N–H and O–H groups in total. The lowest BCUT2D eigenvalue weighted by Crippen LogP contribution is -2.19. The van der Waals surface area contributed by atoms with Crippen LogP contribution in [-0.4, -0.2) is 38.3 Å². The van der Waals surface area contributed by atoms with Crippen molar-refractivity contribution in [3.8, 4) is 0 Å². The number of carbonyl (C=O) groups is 1. The molecule has 126 valence electrons. The Hall–Kier alpha value is -1.88. The zero-order valence-electron chi connectivity index (χ0n) is 12.0. The number of nitrogens with one attached hydrogen (secondary N) is 1. The molecule has 0 fully saturated rings. The molecule has 1 amide bonds. The fourth-order valence-corrected chi connectivity index (χ4v) is 1.99. The van der Waals surface area contributed by atoms with Crippen molar-refractivity contribution in [3.63, 3.8) is 0 Å². The van der Waals surface area contributed by atoms with Gasteiger partial charge in [-0.1, -0.05) is 0 Å². The largest absolute Gasteiger partial charge is 0.411 e. The SMILES string of the molecule is Cc1nn(CC(=O)Nc2cnn(COCC(F)(F)F)c2)cc1Br. The molecule has 0 aliphatic carbocycles. The van der Waals surface area contributed by atoms with Crippen LogP contribution in [0.5, 0.6) is 0 Å². The molecule has 0 saturated heterocycles. The van der Waals surface area contributed by atoms with Crippen molar-refractivity contribution >= 4 is 27.5 Å². The van der Waals surface area contributed by atoms with Crippen LogP contribution in [-0.2, 0) is 22.8 Å². The maximum Gasteiger partial charge on any atom is 0.411 e.